The Morgan fingerprint density at radius 1 is 1.76 bits per heavy atom. The molecule has 94 valence electrons. The standard InChI is InChI=1S/C11H17N3O2S/c1-2-3-9-6-12-10(17-9)13-11(16)14-5-4-8(15)7-14/h6,8,15H,2-5,7H2,1H3,(H,12,13,16)/t8-/m0/s1. The minimum absolute atomic E-state index is 0.168. The summed E-state index contributed by atoms with van der Waals surface area (Å²) in [6.07, 6.45) is 4.16. The molecular weight excluding hydrogens is 238 g/mol. The van der Waals surface area contributed by atoms with Crippen molar-refractivity contribution in [3.05, 3.63) is 11.1 Å². The molecule has 0 saturated carbocycles. The molecule has 17 heavy (non-hydrogen) atoms. The maximum Gasteiger partial charge on any atom is 0.323 e. The van der Waals surface area contributed by atoms with Gasteiger partial charge in [-0.05, 0) is 12.8 Å². The predicted molar refractivity (Wildman–Crippen MR) is 67.3 cm³/mol. The molecule has 1 fully saturated rings. The molecule has 2 heterocycles. The first-order valence-electron chi connectivity index (χ1n) is 5.87. The molecule has 2 amide bonds. The van der Waals surface area contributed by atoms with Crippen molar-refractivity contribution in [3.63, 3.8) is 0 Å². The summed E-state index contributed by atoms with van der Waals surface area (Å²) in [5.41, 5.74) is 0. The van der Waals surface area contributed by atoms with Gasteiger partial charge in [0.15, 0.2) is 5.13 Å². The zero-order valence-corrected chi connectivity index (χ0v) is 10.7. The summed E-state index contributed by atoms with van der Waals surface area (Å²) in [5, 5.41) is 12.8. The van der Waals surface area contributed by atoms with E-state index in [0.717, 1.165) is 12.8 Å². The van der Waals surface area contributed by atoms with Crippen LogP contribution in [0.25, 0.3) is 0 Å². The van der Waals surface area contributed by atoms with E-state index in [0.29, 0.717) is 24.6 Å². The number of thiazole rings is 1. The third-order valence-corrected chi connectivity index (χ3v) is 3.69. The highest BCUT2D eigenvalue weighted by molar-refractivity contribution is 7.15. The Hall–Kier alpha value is -1.14. The van der Waals surface area contributed by atoms with Crippen LogP contribution in [0.4, 0.5) is 9.93 Å². The van der Waals surface area contributed by atoms with E-state index >= 15 is 0 Å². The molecule has 0 radical (unpaired) electrons. The SMILES string of the molecule is CCCc1cnc(NC(=O)N2CC[C@H](O)C2)s1. The Bertz CT molecular complexity index is 394. The number of aryl methyl sites for hydroxylation is 1. The van der Waals surface area contributed by atoms with Gasteiger partial charge in [0.2, 0.25) is 0 Å². The fourth-order valence-electron chi connectivity index (χ4n) is 1.82. The number of urea groups is 1. The quantitative estimate of drug-likeness (QED) is 0.864. The molecule has 0 spiro atoms. The molecule has 1 aliphatic heterocycles. The van der Waals surface area contributed by atoms with Gasteiger partial charge in [-0.15, -0.1) is 11.3 Å². The first-order valence-corrected chi connectivity index (χ1v) is 6.69. The lowest BCUT2D eigenvalue weighted by Crippen LogP contribution is -2.33. The van der Waals surface area contributed by atoms with Gasteiger partial charge in [0.25, 0.3) is 0 Å². The minimum Gasteiger partial charge on any atom is -0.391 e. The van der Waals surface area contributed by atoms with Crippen LogP contribution in [0, 0.1) is 0 Å². The molecule has 1 aliphatic rings. The number of aliphatic hydroxyl groups excluding tert-OH is 1. The maximum absolute atomic E-state index is 11.8. The summed E-state index contributed by atoms with van der Waals surface area (Å²) >= 11 is 1.51. The van der Waals surface area contributed by atoms with Crippen molar-refractivity contribution in [2.24, 2.45) is 0 Å². The Morgan fingerprint density at radius 3 is 3.24 bits per heavy atom. The van der Waals surface area contributed by atoms with Crippen LogP contribution in [-0.4, -0.2) is 40.2 Å². The van der Waals surface area contributed by atoms with Crippen molar-refractivity contribution >= 4 is 22.5 Å². The Balaban J connectivity index is 1.89. The number of nitrogens with zero attached hydrogens (tertiary/aromatic N) is 2. The van der Waals surface area contributed by atoms with Crippen LogP contribution in [-0.2, 0) is 6.42 Å². The maximum atomic E-state index is 11.8. The molecule has 6 heteroatoms. The van der Waals surface area contributed by atoms with Crippen LogP contribution in [0.3, 0.4) is 0 Å². The van der Waals surface area contributed by atoms with Crippen molar-refractivity contribution < 1.29 is 9.90 Å². The van der Waals surface area contributed by atoms with Crippen LogP contribution < -0.4 is 5.32 Å². The van der Waals surface area contributed by atoms with Crippen LogP contribution >= 0.6 is 11.3 Å². The highest BCUT2D eigenvalue weighted by atomic mass is 32.1. The fourth-order valence-corrected chi connectivity index (χ4v) is 2.73. The van der Waals surface area contributed by atoms with Gasteiger partial charge in [0.1, 0.15) is 0 Å². The van der Waals surface area contributed by atoms with Gasteiger partial charge >= 0.3 is 6.03 Å². The van der Waals surface area contributed by atoms with E-state index in [1.165, 1.54) is 16.2 Å². The monoisotopic (exact) mass is 255 g/mol. The van der Waals surface area contributed by atoms with Gasteiger partial charge in [-0.1, -0.05) is 13.3 Å². The molecule has 0 aromatic carbocycles. The number of hydrogen-bond acceptors (Lipinski definition) is 4. The Labute approximate surface area is 104 Å². The van der Waals surface area contributed by atoms with Crippen LogP contribution in [0.5, 0.6) is 0 Å². The van der Waals surface area contributed by atoms with E-state index in [2.05, 4.69) is 17.2 Å². The van der Waals surface area contributed by atoms with Gasteiger partial charge in [0.05, 0.1) is 6.10 Å². The Morgan fingerprint density at radius 2 is 2.59 bits per heavy atom. The topological polar surface area (TPSA) is 65.5 Å². The van der Waals surface area contributed by atoms with Gasteiger partial charge in [0, 0.05) is 24.2 Å². The molecule has 5 nitrogen and oxygen atoms in total. The number of anilines is 1. The number of carbonyl (C=O) groups excluding carboxylic acids is 1. The Kier molecular flexibility index (Phi) is 3.96. The zero-order chi connectivity index (χ0) is 12.3. The minimum atomic E-state index is -0.382. The largest absolute Gasteiger partial charge is 0.391 e. The molecular formula is C11H17N3O2S. The smallest absolute Gasteiger partial charge is 0.323 e. The second-order valence-electron chi connectivity index (χ2n) is 4.20. The second kappa shape index (κ2) is 5.46. The number of aromatic nitrogens is 1. The van der Waals surface area contributed by atoms with Crippen molar-refractivity contribution in [2.75, 3.05) is 18.4 Å². The lowest BCUT2D eigenvalue weighted by atomic mass is 10.3. The molecule has 1 aromatic heterocycles. The fraction of sp³-hybridized carbons (Fsp3) is 0.636. The number of hydrogen-bond donors (Lipinski definition) is 2. The van der Waals surface area contributed by atoms with Gasteiger partial charge in [-0.2, -0.15) is 0 Å². The third-order valence-electron chi connectivity index (χ3n) is 2.71. The highest BCUT2D eigenvalue weighted by Gasteiger charge is 2.24. The zero-order valence-electron chi connectivity index (χ0n) is 9.85. The molecule has 2 N–H and O–H groups in total. The number of likely N-dealkylation sites (tertiary alicyclic amines) is 1. The van der Waals surface area contributed by atoms with E-state index in [1.807, 2.05) is 6.20 Å². The lowest BCUT2D eigenvalue weighted by molar-refractivity contribution is 0.176. The van der Waals surface area contributed by atoms with Gasteiger partial charge < -0.3 is 10.0 Å². The first kappa shape index (κ1) is 12.3. The summed E-state index contributed by atoms with van der Waals surface area (Å²) < 4.78 is 0. The van der Waals surface area contributed by atoms with Crippen molar-refractivity contribution in [1.29, 1.82) is 0 Å². The predicted octanol–water partition coefficient (Wildman–Crippen LogP) is 1.69. The summed E-state index contributed by atoms with van der Waals surface area (Å²) in [6.45, 7) is 3.14. The molecule has 2 rings (SSSR count). The number of aliphatic hydroxyl groups is 1. The van der Waals surface area contributed by atoms with Crippen molar-refractivity contribution in [2.45, 2.75) is 32.3 Å². The average molecular weight is 255 g/mol. The summed E-state index contributed by atoms with van der Waals surface area (Å²) in [7, 11) is 0. The van der Waals surface area contributed by atoms with E-state index in [-0.39, 0.29) is 12.1 Å². The van der Waals surface area contributed by atoms with Gasteiger partial charge in [-0.25, -0.2) is 9.78 Å². The number of carbonyl (C=O) groups is 1. The summed E-state index contributed by atoms with van der Waals surface area (Å²) in [4.78, 5) is 18.8. The average Bonchev–Trinajstić information content (AvgIpc) is 2.88. The van der Waals surface area contributed by atoms with Crippen LogP contribution in [0.1, 0.15) is 24.6 Å². The van der Waals surface area contributed by atoms with Crippen LogP contribution in [0.15, 0.2) is 6.20 Å². The molecule has 1 saturated heterocycles. The molecule has 1 atom stereocenters. The van der Waals surface area contributed by atoms with Gasteiger partial charge in [-0.3, -0.25) is 5.32 Å². The molecule has 0 bridgehead atoms. The number of rotatable bonds is 3. The summed E-state index contributed by atoms with van der Waals surface area (Å²) in [5.74, 6) is 0. The number of nitrogens with one attached hydrogen (secondary N) is 1. The van der Waals surface area contributed by atoms with E-state index in [4.69, 9.17) is 0 Å². The molecule has 0 unspecified atom stereocenters. The second-order valence-corrected chi connectivity index (χ2v) is 5.32. The van der Waals surface area contributed by atoms with Crippen molar-refractivity contribution in [3.8, 4) is 0 Å². The lowest BCUT2D eigenvalue weighted by Gasteiger charge is -2.14. The molecule has 1 aromatic rings. The number of β-amino-alcohol motifs (C(OH)–C–C–N with tert-alkyl or cyclic N) is 1. The number of amides is 2. The van der Waals surface area contributed by atoms with Crippen LogP contribution in [0.2, 0.25) is 0 Å². The van der Waals surface area contributed by atoms with E-state index < -0.39 is 0 Å². The first-order chi connectivity index (χ1) is 8.19. The van der Waals surface area contributed by atoms with Crippen molar-refractivity contribution in [1.82, 2.24) is 9.88 Å². The molecule has 0 aliphatic carbocycles. The summed E-state index contributed by atoms with van der Waals surface area (Å²) in [6, 6.07) is -0.168. The van der Waals surface area contributed by atoms with E-state index in [1.54, 1.807) is 4.90 Å². The van der Waals surface area contributed by atoms with E-state index in [9.17, 15) is 9.90 Å². The normalized spacial score (nSPS) is 19.6. The highest BCUT2D eigenvalue weighted by Crippen LogP contribution is 2.20. The third kappa shape index (κ3) is 3.17.